The van der Waals surface area contributed by atoms with Gasteiger partial charge in [-0.15, -0.1) is 0 Å². The molecule has 1 fully saturated rings. The van der Waals surface area contributed by atoms with E-state index in [1.807, 2.05) is 13.0 Å². The van der Waals surface area contributed by atoms with Crippen molar-refractivity contribution in [2.24, 2.45) is 0 Å². The Morgan fingerprint density at radius 3 is 2.53 bits per heavy atom. The summed E-state index contributed by atoms with van der Waals surface area (Å²) in [5, 5.41) is 3.85. The minimum Gasteiger partial charge on any atom is -0.444 e. The number of aromatic nitrogens is 2. The number of aryl methyl sites for hydroxylation is 1. The summed E-state index contributed by atoms with van der Waals surface area (Å²) in [5.41, 5.74) is 2.48. The van der Waals surface area contributed by atoms with Crippen molar-refractivity contribution in [1.29, 1.82) is 0 Å². The Balaban J connectivity index is 1.33. The van der Waals surface area contributed by atoms with Gasteiger partial charge in [-0.25, -0.2) is 32.0 Å². The minimum absolute atomic E-state index is 0.0362. The van der Waals surface area contributed by atoms with Crippen LogP contribution < -0.4 is 10.0 Å². The number of amides is 1. The number of nitrogens with one attached hydrogen (secondary N) is 2. The van der Waals surface area contributed by atoms with Crippen LogP contribution in [-0.4, -0.2) is 60.3 Å². The maximum atomic E-state index is 15.4. The third-order valence-electron chi connectivity index (χ3n) is 7.28. The number of fused-ring (bicyclic) bond motifs is 1. The molecule has 2 N–H and O–H groups in total. The van der Waals surface area contributed by atoms with Gasteiger partial charge >= 0.3 is 6.09 Å². The van der Waals surface area contributed by atoms with Gasteiger partial charge in [0.1, 0.15) is 17.6 Å². The molecule has 45 heavy (non-hydrogen) atoms. The Morgan fingerprint density at radius 1 is 1.09 bits per heavy atom. The lowest BCUT2D eigenvalue weighted by Crippen LogP contribution is -2.51. The molecule has 9 nitrogen and oxygen atoms in total. The highest BCUT2D eigenvalue weighted by atomic mass is 32.2. The summed E-state index contributed by atoms with van der Waals surface area (Å²) >= 11 is 0. The molecule has 0 aliphatic carbocycles. The van der Waals surface area contributed by atoms with Crippen molar-refractivity contribution in [3.05, 3.63) is 83.8 Å². The first-order valence-corrected chi connectivity index (χ1v) is 16.5. The van der Waals surface area contributed by atoms with Gasteiger partial charge in [0.05, 0.1) is 23.5 Å². The fraction of sp³-hybridized carbons (Fsp3) is 0.364. The Kier molecular flexibility index (Phi) is 9.24. The maximum absolute atomic E-state index is 15.4. The average Bonchev–Trinajstić information content (AvgIpc) is 2.95. The molecule has 0 saturated carbocycles. The van der Waals surface area contributed by atoms with Crippen molar-refractivity contribution in [2.45, 2.75) is 64.1 Å². The highest BCUT2D eigenvalue weighted by molar-refractivity contribution is 7.91. The highest BCUT2D eigenvalue weighted by Gasteiger charge is 2.33. The molecule has 0 radical (unpaired) electrons. The van der Waals surface area contributed by atoms with E-state index in [0.717, 1.165) is 5.56 Å². The normalized spacial score (nSPS) is 17.2. The summed E-state index contributed by atoms with van der Waals surface area (Å²) in [5.74, 6) is -0.509. The first-order valence-electron chi connectivity index (χ1n) is 14.8. The highest BCUT2D eigenvalue weighted by Crippen LogP contribution is 2.31. The zero-order chi connectivity index (χ0) is 32.4. The fourth-order valence-electron chi connectivity index (χ4n) is 5.34. The van der Waals surface area contributed by atoms with E-state index in [2.05, 4.69) is 15.0 Å². The fourth-order valence-corrected chi connectivity index (χ4v) is 6.53. The van der Waals surface area contributed by atoms with E-state index in [1.54, 1.807) is 69.4 Å². The van der Waals surface area contributed by atoms with Gasteiger partial charge in [-0.3, -0.25) is 4.72 Å². The number of hydrogen-bond donors (Lipinski definition) is 2. The topological polar surface area (TPSA) is 114 Å². The molecule has 1 aliphatic heterocycles. The summed E-state index contributed by atoms with van der Waals surface area (Å²) in [7, 11) is -3.74. The molecule has 2 atom stereocenters. The van der Waals surface area contributed by atoms with Gasteiger partial charge in [0.2, 0.25) is 16.0 Å². The lowest BCUT2D eigenvalue weighted by Gasteiger charge is -2.36. The number of rotatable bonds is 8. The summed E-state index contributed by atoms with van der Waals surface area (Å²) in [6.07, 6.45) is 0.624. The van der Waals surface area contributed by atoms with E-state index >= 15 is 4.39 Å². The van der Waals surface area contributed by atoms with E-state index in [9.17, 15) is 17.6 Å². The number of halogens is 2. The van der Waals surface area contributed by atoms with Crippen LogP contribution in [0.4, 0.5) is 25.2 Å². The number of carbonyl (C=O) groups excluding carboxylic acids is 1. The second-order valence-electron chi connectivity index (χ2n) is 12.2. The molecular formula is C33H37F2N5O4S. The van der Waals surface area contributed by atoms with Gasteiger partial charge in [0.15, 0.2) is 0 Å². The number of hydrogen-bond acceptors (Lipinski definition) is 7. The van der Waals surface area contributed by atoms with Crippen LogP contribution in [0, 0.1) is 5.82 Å². The molecule has 5 rings (SSSR count). The van der Waals surface area contributed by atoms with Crippen molar-refractivity contribution in [1.82, 2.24) is 14.9 Å². The SMILES string of the molecule is CCc1cc(-c2ccc(NS(=O)(=O)Cc3ccccc3)cc2F)cc2cnc(N[C@H]3C[C@H](F)CN(C(=O)OC(C)(C)C)C3)nc12. The summed E-state index contributed by atoms with van der Waals surface area (Å²) in [6.45, 7) is 7.46. The Labute approximate surface area is 262 Å². The predicted octanol–water partition coefficient (Wildman–Crippen LogP) is 6.70. The molecular weight excluding hydrogens is 600 g/mol. The molecule has 1 amide bonds. The maximum Gasteiger partial charge on any atom is 0.410 e. The largest absolute Gasteiger partial charge is 0.444 e. The second-order valence-corrected chi connectivity index (χ2v) is 13.9. The van der Waals surface area contributed by atoms with Crippen molar-refractivity contribution in [3.63, 3.8) is 0 Å². The molecule has 0 unspecified atom stereocenters. The van der Waals surface area contributed by atoms with Crippen molar-refractivity contribution >= 4 is 38.7 Å². The molecule has 4 aromatic rings. The Bertz CT molecular complexity index is 1800. The van der Waals surface area contributed by atoms with Gasteiger partial charge in [0, 0.05) is 36.2 Å². The van der Waals surface area contributed by atoms with Gasteiger partial charge in [-0.1, -0.05) is 37.3 Å². The van der Waals surface area contributed by atoms with E-state index in [0.29, 0.717) is 40.0 Å². The quantitative estimate of drug-likeness (QED) is 0.221. The smallest absolute Gasteiger partial charge is 0.410 e. The van der Waals surface area contributed by atoms with Crippen molar-refractivity contribution in [3.8, 4) is 11.1 Å². The standard InChI is InChI=1S/C33H37F2N5O4S/c1-5-22-13-23(28-12-11-26(16-29(28)35)39-45(42,43)20-21-9-7-6-8-10-21)14-24-17-36-31(38-30(22)24)37-27-15-25(34)18-40(19-27)32(41)44-33(2,3)4/h6-14,16-17,25,27,39H,5,15,18-20H2,1-4H3,(H,36,37,38)/t25-,27-/m0/s1. The molecule has 1 aromatic heterocycles. The molecule has 238 valence electrons. The van der Waals surface area contributed by atoms with Gasteiger partial charge in [-0.2, -0.15) is 0 Å². The number of benzene rings is 3. The van der Waals surface area contributed by atoms with Gasteiger partial charge in [-0.05, 0) is 74.2 Å². The zero-order valence-electron chi connectivity index (χ0n) is 25.7. The van der Waals surface area contributed by atoms with Crippen molar-refractivity contribution in [2.75, 3.05) is 23.1 Å². The van der Waals surface area contributed by atoms with Crippen LogP contribution in [0.15, 0.2) is 66.9 Å². The summed E-state index contributed by atoms with van der Waals surface area (Å²) in [6, 6.07) is 16.2. The lowest BCUT2D eigenvalue weighted by atomic mass is 9.98. The molecule has 0 spiro atoms. The summed E-state index contributed by atoms with van der Waals surface area (Å²) in [4.78, 5) is 23.0. The Morgan fingerprint density at radius 2 is 1.84 bits per heavy atom. The molecule has 12 heteroatoms. The van der Waals surface area contributed by atoms with Gasteiger partial charge < -0.3 is 15.0 Å². The van der Waals surface area contributed by atoms with Crippen LogP contribution in [0.25, 0.3) is 22.0 Å². The third-order valence-corrected chi connectivity index (χ3v) is 8.54. The lowest BCUT2D eigenvalue weighted by molar-refractivity contribution is 0.0124. The number of ether oxygens (including phenoxy) is 1. The van der Waals surface area contributed by atoms with E-state index in [1.165, 1.54) is 17.0 Å². The summed E-state index contributed by atoms with van der Waals surface area (Å²) < 4.78 is 63.1. The third kappa shape index (κ3) is 8.24. The van der Waals surface area contributed by atoms with Crippen LogP contribution in [0.3, 0.4) is 0 Å². The van der Waals surface area contributed by atoms with Crippen LogP contribution >= 0.6 is 0 Å². The number of anilines is 2. The number of alkyl halides is 1. The first kappa shape index (κ1) is 32.1. The van der Waals surface area contributed by atoms with Gasteiger partial charge in [0.25, 0.3) is 0 Å². The Hall–Kier alpha value is -4.32. The predicted molar refractivity (Wildman–Crippen MR) is 172 cm³/mol. The molecule has 1 saturated heterocycles. The number of carbonyl (C=O) groups is 1. The zero-order valence-corrected chi connectivity index (χ0v) is 26.5. The van der Waals surface area contributed by atoms with E-state index in [4.69, 9.17) is 9.72 Å². The van der Waals surface area contributed by atoms with Crippen LogP contribution in [0.2, 0.25) is 0 Å². The van der Waals surface area contributed by atoms with Crippen LogP contribution in [0.5, 0.6) is 0 Å². The van der Waals surface area contributed by atoms with E-state index in [-0.39, 0.29) is 31.0 Å². The molecule has 3 aromatic carbocycles. The molecule has 2 heterocycles. The van der Waals surface area contributed by atoms with Crippen LogP contribution in [-0.2, 0) is 26.9 Å². The monoisotopic (exact) mass is 637 g/mol. The molecule has 0 bridgehead atoms. The number of likely N-dealkylation sites (tertiary alicyclic amines) is 1. The second kappa shape index (κ2) is 13.0. The number of sulfonamides is 1. The average molecular weight is 638 g/mol. The number of piperidine rings is 1. The minimum atomic E-state index is -3.74. The van der Waals surface area contributed by atoms with E-state index < -0.39 is 39.7 Å². The van der Waals surface area contributed by atoms with Crippen molar-refractivity contribution < 1.29 is 26.7 Å². The van der Waals surface area contributed by atoms with Crippen LogP contribution in [0.1, 0.15) is 45.2 Å². The molecule has 1 aliphatic rings. The number of nitrogens with zero attached hydrogens (tertiary/aromatic N) is 3. The first-order chi connectivity index (χ1) is 21.3.